The smallest absolute Gasteiger partial charge is 0.161 e. The zero-order valence-corrected chi connectivity index (χ0v) is 14.2. The highest BCUT2D eigenvalue weighted by molar-refractivity contribution is 5.85. The normalized spacial score (nSPS) is 23.3. The van der Waals surface area contributed by atoms with Crippen molar-refractivity contribution in [3.63, 3.8) is 0 Å². The Morgan fingerprint density at radius 2 is 1.77 bits per heavy atom. The van der Waals surface area contributed by atoms with Crippen LogP contribution in [0.2, 0.25) is 0 Å². The van der Waals surface area contributed by atoms with E-state index in [4.69, 9.17) is 9.47 Å². The van der Waals surface area contributed by atoms with Crippen molar-refractivity contribution in [3.05, 3.63) is 28.8 Å². The van der Waals surface area contributed by atoms with Gasteiger partial charge in [-0.2, -0.15) is 0 Å². The largest absolute Gasteiger partial charge is 0.493 e. The van der Waals surface area contributed by atoms with Gasteiger partial charge in [0.25, 0.3) is 0 Å². The third-order valence-electron chi connectivity index (χ3n) is 5.40. The molecule has 4 heteroatoms. The van der Waals surface area contributed by atoms with Gasteiger partial charge >= 0.3 is 0 Å². The van der Waals surface area contributed by atoms with Crippen LogP contribution in [-0.2, 0) is 6.42 Å². The third kappa shape index (κ3) is 2.31. The predicted molar refractivity (Wildman–Crippen MR) is 91.2 cm³/mol. The molecule has 0 radical (unpaired) electrons. The van der Waals surface area contributed by atoms with E-state index in [0.29, 0.717) is 0 Å². The van der Waals surface area contributed by atoms with Crippen molar-refractivity contribution in [2.45, 2.75) is 38.1 Å². The number of methoxy groups -OCH3 is 2. The Hall–Kier alpha value is -1.19. The summed E-state index contributed by atoms with van der Waals surface area (Å²) in [6, 6.07) is 5.10. The van der Waals surface area contributed by atoms with E-state index in [1.807, 2.05) is 0 Å². The maximum Gasteiger partial charge on any atom is 0.161 e. The molecule has 3 nitrogen and oxygen atoms in total. The van der Waals surface area contributed by atoms with Crippen molar-refractivity contribution in [1.29, 1.82) is 0 Å². The summed E-state index contributed by atoms with van der Waals surface area (Å²) in [6.07, 6.45) is 6.26. The van der Waals surface area contributed by atoms with E-state index in [2.05, 4.69) is 17.0 Å². The fraction of sp³-hybridized carbons (Fsp3) is 0.556. The fourth-order valence-electron chi connectivity index (χ4n) is 4.41. The van der Waals surface area contributed by atoms with Gasteiger partial charge in [0.05, 0.1) is 14.2 Å². The molecule has 0 saturated carbocycles. The molecule has 4 rings (SSSR count). The van der Waals surface area contributed by atoms with Crippen LogP contribution in [0.15, 0.2) is 17.7 Å². The first kappa shape index (κ1) is 15.7. The Morgan fingerprint density at radius 3 is 2.55 bits per heavy atom. The van der Waals surface area contributed by atoms with E-state index < -0.39 is 0 Å². The van der Waals surface area contributed by atoms with Crippen molar-refractivity contribution in [2.24, 2.45) is 0 Å². The second-order valence-corrected chi connectivity index (χ2v) is 6.31. The van der Waals surface area contributed by atoms with E-state index in [1.165, 1.54) is 49.9 Å². The minimum absolute atomic E-state index is 0. The Morgan fingerprint density at radius 1 is 1.00 bits per heavy atom. The average Bonchev–Trinajstić information content (AvgIpc) is 3.01. The van der Waals surface area contributed by atoms with E-state index >= 15 is 0 Å². The molecule has 1 aliphatic carbocycles. The van der Waals surface area contributed by atoms with Gasteiger partial charge in [-0.05, 0) is 73.1 Å². The lowest BCUT2D eigenvalue weighted by Crippen LogP contribution is -2.37. The molecule has 1 saturated heterocycles. The van der Waals surface area contributed by atoms with Gasteiger partial charge in [0, 0.05) is 12.6 Å². The summed E-state index contributed by atoms with van der Waals surface area (Å²) in [5.41, 5.74) is 6.15. The highest BCUT2D eigenvalue weighted by atomic mass is 35.5. The Kier molecular flexibility index (Phi) is 4.37. The maximum absolute atomic E-state index is 5.51. The lowest BCUT2D eigenvalue weighted by atomic mass is 9.78. The molecule has 1 fully saturated rings. The number of ether oxygens (including phenoxy) is 2. The number of aryl methyl sites for hydroxylation is 1. The standard InChI is InChI=1S/C18H23NO2.ClH/c1-20-17-10-12-5-6-14-13(15(12)11-18(17)21-2)7-9-19-8-3-4-16(14)19;/h10-11,16H,3-9H2,1-2H3;1H. The van der Waals surface area contributed by atoms with E-state index in [0.717, 1.165) is 24.0 Å². The number of benzene rings is 1. The molecule has 0 aromatic heterocycles. The molecule has 0 spiro atoms. The molecule has 0 amide bonds. The molecule has 0 N–H and O–H groups in total. The van der Waals surface area contributed by atoms with Crippen molar-refractivity contribution < 1.29 is 9.47 Å². The summed E-state index contributed by atoms with van der Waals surface area (Å²) in [6.45, 7) is 2.51. The van der Waals surface area contributed by atoms with Crippen LogP contribution in [0.25, 0.3) is 5.57 Å². The van der Waals surface area contributed by atoms with Gasteiger partial charge < -0.3 is 9.47 Å². The molecule has 2 aliphatic heterocycles. The molecule has 1 unspecified atom stereocenters. The molecule has 1 aromatic carbocycles. The molecule has 120 valence electrons. The SMILES string of the molecule is COc1cc2c(cc1OC)C1=C(CC2)C2CCCN2CC1.Cl. The number of nitrogens with zero attached hydrogens (tertiary/aromatic N) is 1. The number of hydrogen-bond acceptors (Lipinski definition) is 3. The second kappa shape index (κ2) is 6.13. The van der Waals surface area contributed by atoms with Crippen molar-refractivity contribution in [3.8, 4) is 11.5 Å². The summed E-state index contributed by atoms with van der Waals surface area (Å²) < 4.78 is 11.0. The fourth-order valence-corrected chi connectivity index (χ4v) is 4.41. The summed E-state index contributed by atoms with van der Waals surface area (Å²) in [5, 5.41) is 0. The molecular weight excluding hydrogens is 298 g/mol. The molecule has 0 bridgehead atoms. The van der Waals surface area contributed by atoms with Gasteiger partial charge in [0.15, 0.2) is 11.5 Å². The minimum atomic E-state index is 0. The molecular formula is C18H24ClNO2. The van der Waals surface area contributed by atoms with Gasteiger partial charge in [0.1, 0.15) is 0 Å². The van der Waals surface area contributed by atoms with Gasteiger partial charge in [0.2, 0.25) is 0 Å². The number of hydrogen-bond donors (Lipinski definition) is 0. The first-order chi connectivity index (χ1) is 10.3. The van der Waals surface area contributed by atoms with Crippen molar-refractivity contribution in [2.75, 3.05) is 27.3 Å². The van der Waals surface area contributed by atoms with Crippen LogP contribution < -0.4 is 9.47 Å². The van der Waals surface area contributed by atoms with E-state index in [1.54, 1.807) is 25.4 Å². The maximum atomic E-state index is 5.51. The molecule has 22 heavy (non-hydrogen) atoms. The lowest BCUT2D eigenvalue weighted by molar-refractivity contribution is 0.271. The van der Waals surface area contributed by atoms with Crippen molar-refractivity contribution >= 4 is 18.0 Å². The van der Waals surface area contributed by atoms with Crippen LogP contribution in [0, 0.1) is 0 Å². The van der Waals surface area contributed by atoms with Gasteiger partial charge in [-0.15, -0.1) is 12.4 Å². The quantitative estimate of drug-likeness (QED) is 0.829. The van der Waals surface area contributed by atoms with Crippen LogP contribution in [0.5, 0.6) is 11.5 Å². The zero-order valence-electron chi connectivity index (χ0n) is 13.4. The van der Waals surface area contributed by atoms with Gasteiger partial charge in [-0.25, -0.2) is 0 Å². The lowest BCUT2D eigenvalue weighted by Gasteiger charge is -2.37. The molecule has 2 heterocycles. The number of fused-ring (bicyclic) bond motifs is 4. The first-order valence-corrected chi connectivity index (χ1v) is 8.03. The zero-order chi connectivity index (χ0) is 14.4. The Bertz CT molecular complexity index is 611. The topological polar surface area (TPSA) is 21.7 Å². The van der Waals surface area contributed by atoms with Gasteiger partial charge in [-0.3, -0.25) is 4.90 Å². The monoisotopic (exact) mass is 321 g/mol. The Balaban J connectivity index is 0.00000144. The highest BCUT2D eigenvalue weighted by Gasteiger charge is 2.35. The molecule has 1 atom stereocenters. The van der Waals surface area contributed by atoms with Crippen LogP contribution in [0.3, 0.4) is 0 Å². The van der Waals surface area contributed by atoms with E-state index in [9.17, 15) is 0 Å². The summed E-state index contributed by atoms with van der Waals surface area (Å²) >= 11 is 0. The highest BCUT2D eigenvalue weighted by Crippen LogP contribution is 2.45. The summed E-state index contributed by atoms with van der Waals surface area (Å²) in [5.74, 6) is 1.72. The van der Waals surface area contributed by atoms with Crippen LogP contribution >= 0.6 is 12.4 Å². The van der Waals surface area contributed by atoms with Crippen molar-refractivity contribution in [1.82, 2.24) is 4.90 Å². The number of halogens is 1. The number of rotatable bonds is 2. The predicted octanol–water partition coefficient (Wildman–Crippen LogP) is 3.69. The van der Waals surface area contributed by atoms with Gasteiger partial charge in [-0.1, -0.05) is 0 Å². The molecule has 1 aromatic rings. The average molecular weight is 322 g/mol. The van der Waals surface area contributed by atoms with E-state index in [-0.39, 0.29) is 12.4 Å². The summed E-state index contributed by atoms with van der Waals surface area (Å²) in [7, 11) is 3.44. The third-order valence-corrected chi connectivity index (χ3v) is 5.40. The first-order valence-electron chi connectivity index (χ1n) is 8.03. The van der Waals surface area contributed by atoms with Crippen LogP contribution in [0.4, 0.5) is 0 Å². The van der Waals surface area contributed by atoms with Crippen LogP contribution in [0.1, 0.15) is 36.8 Å². The minimum Gasteiger partial charge on any atom is -0.493 e. The molecule has 3 aliphatic rings. The Labute approximate surface area is 138 Å². The second-order valence-electron chi connectivity index (χ2n) is 6.31. The van der Waals surface area contributed by atoms with Crippen LogP contribution in [-0.4, -0.2) is 38.3 Å². The summed E-state index contributed by atoms with van der Waals surface area (Å²) in [4.78, 5) is 2.69.